The number of nitro benzene ring substituents is 1. The Kier molecular flexibility index (Phi) is 2.34. The molecule has 0 saturated carbocycles. The van der Waals surface area contributed by atoms with Gasteiger partial charge in [0.25, 0.3) is 5.69 Å². The molecule has 0 unspecified atom stereocenters. The molecule has 0 aliphatic rings. The Hall–Kier alpha value is -1.95. The average Bonchev–Trinajstić information content (AvgIpc) is 2.65. The molecule has 7 heteroatoms. The fourth-order valence-electron chi connectivity index (χ4n) is 1.08. The van der Waals surface area contributed by atoms with Gasteiger partial charge in [0, 0.05) is 17.7 Å². The number of hydrogen-bond acceptors (Lipinski definition) is 5. The predicted molar refractivity (Wildman–Crippen MR) is 51.4 cm³/mol. The predicted octanol–water partition coefficient (Wildman–Crippen LogP) is 2.30. The zero-order valence-electron chi connectivity index (χ0n) is 7.25. The van der Waals surface area contributed by atoms with Crippen molar-refractivity contribution in [3.63, 3.8) is 0 Å². The van der Waals surface area contributed by atoms with Gasteiger partial charge in [0.1, 0.15) is 0 Å². The average molecular weight is 226 g/mol. The van der Waals surface area contributed by atoms with Crippen LogP contribution in [0.15, 0.2) is 28.8 Å². The van der Waals surface area contributed by atoms with E-state index in [0.717, 1.165) is 0 Å². The van der Waals surface area contributed by atoms with Gasteiger partial charge in [-0.25, -0.2) is 0 Å². The first-order valence-corrected chi connectivity index (χ1v) is 4.28. The molecule has 0 saturated heterocycles. The zero-order valence-corrected chi connectivity index (χ0v) is 8.01. The van der Waals surface area contributed by atoms with Crippen molar-refractivity contribution in [2.24, 2.45) is 0 Å². The molecular weight excluding hydrogens is 222 g/mol. The molecule has 0 amide bonds. The van der Waals surface area contributed by atoms with Crippen LogP contribution in [-0.4, -0.2) is 15.1 Å². The molecule has 0 atom stereocenters. The summed E-state index contributed by atoms with van der Waals surface area (Å²) < 4.78 is 4.55. The third-order valence-corrected chi connectivity index (χ3v) is 1.87. The van der Waals surface area contributed by atoms with E-state index in [2.05, 4.69) is 14.7 Å². The first-order chi connectivity index (χ1) is 7.16. The molecule has 2 rings (SSSR count). The number of halogens is 1. The maximum Gasteiger partial charge on any atom is 0.320 e. The van der Waals surface area contributed by atoms with Gasteiger partial charge in [-0.15, -0.1) is 0 Å². The molecule has 1 aromatic carbocycles. The number of aromatic nitrogens is 2. The molecule has 0 radical (unpaired) electrons. The van der Waals surface area contributed by atoms with Gasteiger partial charge in [0.2, 0.25) is 5.82 Å². The van der Waals surface area contributed by atoms with Gasteiger partial charge in [-0.05, 0) is 11.6 Å². The summed E-state index contributed by atoms with van der Waals surface area (Å²) in [6.07, 6.45) is 0. The maximum absolute atomic E-state index is 10.5. The fourth-order valence-corrected chi connectivity index (χ4v) is 1.20. The molecule has 1 heterocycles. The lowest BCUT2D eigenvalue weighted by atomic mass is 10.2. The Morgan fingerprint density at radius 1 is 1.47 bits per heavy atom. The Morgan fingerprint density at radius 2 is 2.27 bits per heavy atom. The number of rotatable bonds is 2. The second kappa shape index (κ2) is 3.66. The van der Waals surface area contributed by atoms with Crippen LogP contribution in [0.2, 0.25) is 5.35 Å². The smallest absolute Gasteiger partial charge is 0.320 e. The summed E-state index contributed by atoms with van der Waals surface area (Å²) >= 11 is 5.44. The summed E-state index contributed by atoms with van der Waals surface area (Å²) in [6.45, 7) is 0. The molecule has 0 spiro atoms. The molecule has 76 valence electrons. The minimum atomic E-state index is -0.495. The number of nitrogens with zero attached hydrogens (tertiary/aromatic N) is 3. The van der Waals surface area contributed by atoms with Gasteiger partial charge < -0.3 is 4.52 Å². The Labute approximate surface area is 88.6 Å². The SMILES string of the molecule is O=[N+]([O-])c1cccc(-c2noc(Cl)n2)c1. The molecule has 0 aliphatic carbocycles. The van der Waals surface area contributed by atoms with Gasteiger partial charge >= 0.3 is 5.35 Å². The highest BCUT2D eigenvalue weighted by Crippen LogP contribution is 2.22. The van der Waals surface area contributed by atoms with E-state index in [0.29, 0.717) is 5.56 Å². The lowest BCUT2D eigenvalue weighted by Crippen LogP contribution is -1.88. The topological polar surface area (TPSA) is 82.1 Å². The molecule has 0 bridgehead atoms. The van der Waals surface area contributed by atoms with Crippen molar-refractivity contribution in [3.05, 3.63) is 39.7 Å². The number of nitro groups is 1. The highest BCUT2D eigenvalue weighted by molar-refractivity contribution is 6.27. The molecule has 0 aliphatic heterocycles. The minimum absolute atomic E-state index is 0.0339. The Bertz CT molecular complexity index is 511. The fraction of sp³-hybridized carbons (Fsp3) is 0. The van der Waals surface area contributed by atoms with Crippen molar-refractivity contribution in [2.75, 3.05) is 0 Å². The van der Waals surface area contributed by atoms with Crippen LogP contribution in [0.1, 0.15) is 0 Å². The van der Waals surface area contributed by atoms with Gasteiger partial charge in [-0.2, -0.15) is 4.98 Å². The number of non-ortho nitro benzene ring substituents is 1. The molecule has 0 N–H and O–H groups in total. The highest BCUT2D eigenvalue weighted by Gasteiger charge is 2.11. The van der Waals surface area contributed by atoms with Crippen LogP contribution in [0.5, 0.6) is 0 Å². The first kappa shape index (κ1) is 9.60. The van der Waals surface area contributed by atoms with E-state index in [1.165, 1.54) is 18.2 Å². The van der Waals surface area contributed by atoms with Crippen molar-refractivity contribution in [1.82, 2.24) is 10.1 Å². The molecule has 1 aromatic heterocycles. The molecular formula is C8H4ClN3O3. The normalized spacial score (nSPS) is 10.2. The van der Waals surface area contributed by atoms with Crippen LogP contribution in [0, 0.1) is 10.1 Å². The summed E-state index contributed by atoms with van der Waals surface area (Å²) in [4.78, 5) is 13.8. The van der Waals surface area contributed by atoms with E-state index in [4.69, 9.17) is 11.6 Å². The van der Waals surface area contributed by atoms with Gasteiger partial charge in [0.05, 0.1) is 4.92 Å². The van der Waals surface area contributed by atoms with Gasteiger partial charge in [-0.3, -0.25) is 10.1 Å². The van der Waals surface area contributed by atoms with E-state index in [9.17, 15) is 10.1 Å². The monoisotopic (exact) mass is 225 g/mol. The van der Waals surface area contributed by atoms with Gasteiger partial charge in [0.15, 0.2) is 0 Å². The second-order valence-electron chi connectivity index (χ2n) is 2.68. The van der Waals surface area contributed by atoms with Crippen LogP contribution >= 0.6 is 11.6 Å². The number of benzene rings is 1. The lowest BCUT2D eigenvalue weighted by molar-refractivity contribution is -0.384. The van der Waals surface area contributed by atoms with Crippen molar-refractivity contribution in [2.45, 2.75) is 0 Å². The highest BCUT2D eigenvalue weighted by atomic mass is 35.5. The van der Waals surface area contributed by atoms with Crippen LogP contribution in [0.25, 0.3) is 11.4 Å². The molecule has 2 aromatic rings. The maximum atomic E-state index is 10.5. The molecule has 15 heavy (non-hydrogen) atoms. The summed E-state index contributed by atoms with van der Waals surface area (Å²) in [7, 11) is 0. The van der Waals surface area contributed by atoms with Crippen LogP contribution in [-0.2, 0) is 0 Å². The minimum Gasteiger partial charge on any atom is -0.321 e. The standard InChI is InChI=1S/C8H4ClN3O3/c9-8-10-7(11-15-8)5-2-1-3-6(4-5)12(13)14/h1-4H. The van der Waals surface area contributed by atoms with Crippen LogP contribution in [0.4, 0.5) is 5.69 Å². The Morgan fingerprint density at radius 3 is 2.87 bits per heavy atom. The summed E-state index contributed by atoms with van der Waals surface area (Å²) in [5.74, 6) is 0.226. The first-order valence-electron chi connectivity index (χ1n) is 3.91. The van der Waals surface area contributed by atoms with Crippen LogP contribution in [0.3, 0.4) is 0 Å². The summed E-state index contributed by atoms with van der Waals surface area (Å²) in [5, 5.41) is 14.0. The van der Waals surface area contributed by atoms with Crippen molar-refractivity contribution >= 4 is 17.3 Å². The third kappa shape index (κ3) is 1.94. The lowest BCUT2D eigenvalue weighted by Gasteiger charge is -1.93. The third-order valence-electron chi connectivity index (χ3n) is 1.72. The van der Waals surface area contributed by atoms with E-state index >= 15 is 0 Å². The number of hydrogen-bond donors (Lipinski definition) is 0. The molecule has 0 fully saturated rings. The second-order valence-corrected chi connectivity index (χ2v) is 3.00. The summed E-state index contributed by atoms with van der Waals surface area (Å²) in [5.41, 5.74) is 0.452. The van der Waals surface area contributed by atoms with Crippen LogP contribution < -0.4 is 0 Å². The van der Waals surface area contributed by atoms with Crippen molar-refractivity contribution in [1.29, 1.82) is 0 Å². The van der Waals surface area contributed by atoms with Gasteiger partial charge in [-0.1, -0.05) is 17.3 Å². The van der Waals surface area contributed by atoms with E-state index in [1.807, 2.05) is 0 Å². The molecule has 6 nitrogen and oxygen atoms in total. The van der Waals surface area contributed by atoms with E-state index in [1.54, 1.807) is 6.07 Å². The quantitative estimate of drug-likeness (QED) is 0.578. The largest absolute Gasteiger partial charge is 0.321 e. The summed E-state index contributed by atoms with van der Waals surface area (Å²) in [6, 6.07) is 5.90. The zero-order chi connectivity index (χ0) is 10.8. The van der Waals surface area contributed by atoms with E-state index < -0.39 is 4.92 Å². The van der Waals surface area contributed by atoms with Crippen molar-refractivity contribution < 1.29 is 9.45 Å². The Balaban J connectivity index is 2.45. The van der Waals surface area contributed by atoms with E-state index in [-0.39, 0.29) is 16.9 Å². The van der Waals surface area contributed by atoms with Crippen molar-refractivity contribution in [3.8, 4) is 11.4 Å².